The van der Waals surface area contributed by atoms with Gasteiger partial charge in [0.15, 0.2) is 0 Å². The van der Waals surface area contributed by atoms with Gasteiger partial charge in [-0.05, 0) is 31.2 Å². The number of urea groups is 1. The highest BCUT2D eigenvalue weighted by Gasteiger charge is 2.25. The molecule has 0 aromatic heterocycles. The average molecular weight is 383 g/mol. The average Bonchev–Trinajstić information content (AvgIpc) is 2.57. The maximum absolute atomic E-state index is 12.4. The molecule has 2 aromatic carbocycles. The lowest BCUT2D eigenvalue weighted by atomic mass is 10.2. The minimum atomic E-state index is -4.29. The van der Waals surface area contributed by atoms with Crippen LogP contribution in [0.3, 0.4) is 0 Å². The van der Waals surface area contributed by atoms with Crippen LogP contribution in [0.4, 0.5) is 10.5 Å². The summed E-state index contributed by atoms with van der Waals surface area (Å²) < 4.78 is 31.5. The number of rotatable bonds is 5. The van der Waals surface area contributed by atoms with Crippen LogP contribution in [0.15, 0.2) is 53.4 Å². The highest BCUT2D eigenvalue weighted by molar-refractivity contribution is 7.90. The van der Waals surface area contributed by atoms with Crippen molar-refractivity contribution in [1.82, 2.24) is 4.72 Å². The Balaban J connectivity index is 2.24. The molecule has 0 unspecified atom stereocenters. The number of carbonyl (C=O) groups excluding carboxylic acids is 2. The van der Waals surface area contributed by atoms with Gasteiger partial charge in [-0.15, -0.1) is 0 Å². The monoisotopic (exact) mass is 382 g/mol. The fraction of sp³-hybridized carbons (Fsp3) is 0.125. The predicted octanol–water partition coefficient (Wildman–Crippen LogP) is 3.03. The SMILES string of the molecule is CCOC(=O)c1ccccc1S(=O)(=O)NC(=O)Nc1ccccc1Cl. The molecule has 0 spiro atoms. The van der Waals surface area contributed by atoms with Gasteiger partial charge in [0, 0.05) is 0 Å². The van der Waals surface area contributed by atoms with Crippen LogP contribution in [-0.2, 0) is 14.8 Å². The van der Waals surface area contributed by atoms with Gasteiger partial charge in [0.2, 0.25) is 0 Å². The third kappa shape index (κ3) is 4.71. The van der Waals surface area contributed by atoms with E-state index >= 15 is 0 Å². The lowest BCUT2D eigenvalue weighted by Crippen LogP contribution is -2.35. The first-order valence-electron chi connectivity index (χ1n) is 7.19. The topological polar surface area (TPSA) is 102 Å². The quantitative estimate of drug-likeness (QED) is 0.774. The maximum atomic E-state index is 12.4. The van der Waals surface area contributed by atoms with E-state index in [0.29, 0.717) is 0 Å². The van der Waals surface area contributed by atoms with Crippen LogP contribution >= 0.6 is 11.6 Å². The van der Waals surface area contributed by atoms with Crippen molar-refractivity contribution in [1.29, 1.82) is 0 Å². The zero-order chi connectivity index (χ0) is 18.4. The van der Waals surface area contributed by atoms with Crippen molar-refractivity contribution in [2.45, 2.75) is 11.8 Å². The van der Waals surface area contributed by atoms with Crippen molar-refractivity contribution < 1.29 is 22.7 Å². The van der Waals surface area contributed by atoms with Gasteiger partial charge >= 0.3 is 12.0 Å². The van der Waals surface area contributed by atoms with E-state index in [0.717, 1.165) is 0 Å². The molecule has 2 rings (SSSR count). The first-order chi connectivity index (χ1) is 11.8. The Morgan fingerprint density at radius 3 is 2.40 bits per heavy atom. The first kappa shape index (κ1) is 18.8. The smallest absolute Gasteiger partial charge is 0.339 e. The Kier molecular flexibility index (Phi) is 6.00. The molecule has 0 saturated heterocycles. The Morgan fingerprint density at radius 2 is 1.72 bits per heavy atom. The Labute approximate surface area is 150 Å². The fourth-order valence-electron chi connectivity index (χ4n) is 1.97. The van der Waals surface area contributed by atoms with Crippen molar-refractivity contribution in [3.63, 3.8) is 0 Å². The molecule has 2 N–H and O–H groups in total. The van der Waals surface area contributed by atoms with E-state index < -0.39 is 22.0 Å². The molecule has 0 aliphatic rings. The number of esters is 1. The molecule has 0 aliphatic heterocycles. The summed E-state index contributed by atoms with van der Waals surface area (Å²) in [6.45, 7) is 1.69. The molecular formula is C16H15ClN2O5S. The third-order valence-corrected chi connectivity index (χ3v) is 4.74. The second-order valence-corrected chi connectivity index (χ2v) is 6.81. The van der Waals surface area contributed by atoms with Crippen molar-refractivity contribution >= 4 is 39.3 Å². The van der Waals surface area contributed by atoms with Gasteiger partial charge in [0.05, 0.1) is 22.9 Å². The van der Waals surface area contributed by atoms with E-state index in [-0.39, 0.29) is 27.8 Å². The standard InChI is InChI=1S/C16H15ClN2O5S/c1-2-24-15(20)11-7-3-6-10-14(11)25(22,23)19-16(21)18-13-9-5-4-8-12(13)17/h3-10H,2H2,1H3,(H2,18,19,21). The van der Waals surface area contributed by atoms with E-state index in [2.05, 4.69) is 5.32 Å². The van der Waals surface area contributed by atoms with E-state index in [1.807, 2.05) is 4.72 Å². The molecule has 0 heterocycles. The number of nitrogens with one attached hydrogen (secondary N) is 2. The fourth-order valence-corrected chi connectivity index (χ4v) is 3.25. The maximum Gasteiger partial charge on any atom is 0.339 e. The van der Waals surface area contributed by atoms with Crippen LogP contribution in [0.2, 0.25) is 5.02 Å². The molecule has 2 amide bonds. The largest absolute Gasteiger partial charge is 0.462 e. The predicted molar refractivity (Wildman–Crippen MR) is 93.2 cm³/mol. The van der Waals surface area contributed by atoms with E-state index in [1.54, 1.807) is 25.1 Å². The normalized spacial score (nSPS) is 10.8. The third-order valence-electron chi connectivity index (χ3n) is 3.02. The summed E-state index contributed by atoms with van der Waals surface area (Å²) in [5.74, 6) is -0.796. The number of ether oxygens (including phenoxy) is 1. The Morgan fingerprint density at radius 1 is 1.08 bits per heavy atom. The summed E-state index contributed by atoms with van der Waals surface area (Å²) in [6, 6.07) is 10.8. The van der Waals surface area contributed by atoms with Crippen LogP contribution in [-0.4, -0.2) is 27.0 Å². The lowest BCUT2D eigenvalue weighted by Gasteiger charge is -2.12. The summed E-state index contributed by atoms with van der Waals surface area (Å²) in [4.78, 5) is 23.5. The number of hydrogen-bond acceptors (Lipinski definition) is 5. The van der Waals surface area contributed by atoms with E-state index in [9.17, 15) is 18.0 Å². The van der Waals surface area contributed by atoms with Gasteiger partial charge in [0.25, 0.3) is 10.0 Å². The van der Waals surface area contributed by atoms with Crippen molar-refractivity contribution in [3.8, 4) is 0 Å². The lowest BCUT2D eigenvalue weighted by molar-refractivity contribution is 0.0521. The molecule has 25 heavy (non-hydrogen) atoms. The molecule has 0 fully saturated rings. The van der Waals surface area contributed by atoms with Gasteiger partial charge in [-0.1, -0.05) is 35.9 Å². The number of amides is 2. The second-order valence-electron chi connectivity index (χ2n) is 4.76. The van der Waals surface area contributed by atoms with Crippen LogP contribution in [0, 0.1) is 0 Å². The number of benzene rings is 2. The number of para-hydroxylation sites is 1. The van der Waals surface area contributed by atoms with E-state index in [4.69, 9.17) is 16.3 Å². The van der Waals surface area contributed by atoms with E-state index in [1.165, 1.54) is 30.3 Å². The van der Waals surface area contributed by atoms with Gasteiger partial charge < -0.3 is 10.1 Å². The van der Waals surface area contributed by atoms with Crippen molar-refractivity contribution in [2.24, 2.45) is 0 Å². The molecule has 7 nitrogen and oxygen atoms in total. The number of hydrogen-bond donors (Lipinski definition) is 2. The number of sulfonamides is 1. The summed E-state index contributed by atoms with van der Waals surface area (Å²) >= 11 is 5.90. The second kappa shape index (κ2) is 8.00. The zero-order valence-corrected chi connectivity index (χ0v) is 14.7. The molecule has 0 atom stereocenters. The Hall–Kier alpha value is -2.58. The van der Waals surface area contributed by atoms with Crippen LogP contribution in [0.1, 0.15) is 17.3 Å². The molecule has 0 radical (unpaired) electrons. The van der Waals surface area contributed by atoms with Crippen LogP contribution in [0.25, 0.3) is 0 Å². The number of halogens is 1. The van der Waals surface area contributed by atoms with Crippen molar-refractivity contribution in [2.75, 3.05) is 11.9 Å². The summed E-state index contributed by atoms with van der Waals surface area (Å²) in [7, 11) is -4.29. The summed E-state index contributed by atoms with van der Waals surface area (Å²) in [6.07, 6.45) is 0. The van der Waals surface area contributed by atoms with Gasteiger partial charge in [-0.25, -0.2) is 22.7 Å². The minimum Gasteiger partial charge on any atom is -0.462 e. The highest BCUT2D eigenvalue weighted by atomic mass is 35.5. The van der Waals surface area contributed by atoms with Crippen LogP contribution < -0.4 is 10.0 Å². The molecule has 0 bridgehead atoms. The number of carbonyl (C=O) groups is 2. The zero-order valence-electron chi connectivity index (χ0n) is 13.2. The van der Waals surface area contributed by atoms with Gasteiger partial charge in [-0.2, -0.15) is 0 Å². The molecule has 0 aliphatic carbocycles. The molecule has 0 saturated carbocycles. The first-order valence-corrected chi connectivity index (χ1v) is 9.05. The molecular weight excluding hydrogens is 368 g/mol. The summed E-state index contributed by atoms with van der Waals surface area (Å²) in [5, 5.41) is 2.58. The molecule has 9 heteroatoms. The van der Waals surface area contributed by atoms with Crippen LogP contribution in [0.5, 0.6) is 0 Å². The minimum absolute atomic E-state index is 0.0909. The summed E-state index contributed by atoms with van der Waals surface area (Å²) in [5.41, 5.74) is 0.0814. The molecule has 2 aromatic rings. The Bertz CT molecular complexity index is 899. The van der Waals surface area contributed by atoms with Gasteiger partial charge in [-0.3, -0.25) is 0 Å². The van der Waals surface area contributed by atoms with Gasteiger partial charge in [0.1, 0.15) is 4.90 Å². The molecule has 132 valence electrons. The van der Waals surface area contributed by atoms with Crippen molar-refractivity contribution in [3.05, 3.63) is 59.1 Å². The highest BCUT2D eigenvalue weighted by Crippen LogP contribution is 2.21. The number of anilines is 1.